The van der Waals surface area contributed by atoms with E-state index in [0.29, 0.717) is 15.6 Å². The zero-order valence-electron chi connectivity index (χ0n) is 12.0. The standard InChI is InChI=1S/C14H17N3O2S2/c1-3-4-7-12(18)15-17-13(19)11(21-14(17)20)9-10-6-5-8-16(10)2/h5-6,8-9H,3-4,7H2,1-2H3,(H,15,18)/b11-9-. The number of hydrazine groups is 1. The second-order valence-electron chi connectivity index (χ2n) is 4.70. The molecule has 1 aromatic heterocycles. The molecular formula is C14H17N3O2S2. The van der Waals surface area contributed by atoms with E-state index in [-0.39, 0.29) is 11.8 Å². The van der Waals surface area contributed by atoms with E-state index in [2.05, 4.69) is 5.43 Å². The number of thioether (sulfide) groups is 1. The monoisotopic (exact) mass is 323 g/mol. The van der Waals surface area contributed by atoms with Crippen LogP contribution in [0.4, 0.5) is 0 Å². The van der Waals surface area contributed by atoms with Crippen LogP contribution in [0.1, 0.15) is 31.9 Å². The Bertz CT molecular complexity index is 607. The van der Waals surface area contributed by atoms with Gasteiger partial charge < -0.3 is 4.57 Å². The highest BCUT2D eigenvalue weighted by atomic mass is 32.2. The van der Waals surface area contributed by atoms with Crippen LogP contribution < -0.4 is 5.43 Å². The summed E-state index contributed by atoms with van der Waals surface area (Å²) < 4.78 is 2.26. The molecule has 1 aliphatic heterocycles. The highest BCUT2D eigenvalue weighted by Gasteiger charge is 2.33. The summed E-state index contributed by atoms with van der Waals surface area (Å²) in [6.45, 7) is 2.01. The third-order valence-electron chi connectivity index (χ3n) is 3.05. The molecule has 0 atom stereocenters. The van der Waals surface area contributed by atoms with Crippen LogP contribution in [0.2, 0.25) is 0 Å². The topological polar surface area (TPSA) is 54.3 Å². The molecule has 2 heterocycles. The van der Waals surface area contributed by atoms with Crippen LogP contribution in [0.3, 0.4) is 0 Å². The van der Waals surface area contributed by atoms with Gasteiger partial charge in [-0.05, 0) is 36.8 Å². The summed E-state index contributed by atoms with van der Waals surface area (Å²) in [7, 11) is 1.90. The number of nitrogens with zero attached hydrogens (tertiary/aromatic N) is 2. The third kappa shape index (κ3) is 3.74. The maximum Gasteiger partial charge on any atom is 0.285 e. The number of hydrogen-bond donors (Lipinski definition) is 1. The number of rotatable bonds is 5. The van der Waals surface area contributed by atoms with Crippen molar-refractivity contribution in [2.45, 2.75) is 26.2 Å². The minimum atomic E-state index is -0.281. The lowest BCUT2D eigenvalue weighted by Crippen LogP contribution is -2.44. The van der Waals surface area contributed by atoms with Gasteiger partial charge in [0.2, 0.25) is 5.91 Å². The van der Waals surface area contributed by atoms with Crippen molar-refractivity contribution in [3.63, 3.8) is 0 Å². The molecule has 1 fully saturated rings. The Morgan fingerprint density at radius 3 is 2.90 bits per heavy atom. The van der Waals surface area contributed by atoms with Gasteiger partial charge in [-0.25, -0.2) is 0 Å². The van der Waals surface area contributed by atoms with Crippen LogP contribution >= 0.6 is 24.0 Å². The number of hydrogen-bond acceptors (Lipinski definition) is 4. The Labute approximate surface area is 133 Å². The van der Waals surface area contributed by atoms with Crippen LogP contribution in [0.15, 0.2) is 23.2 Å². The number of unbranched alkanes of at least 4 members (excludes halogenated alkanes) is 1. The molecule has 112 valence electrons. The van der Waals surface area contributed by atoms with Gasteiger partial charge in [0.25, 0.3) is 5.91 Å². The number of carbonyl (C=O) groups is 2. The Morgan fingerprint density at radius 1 is 1.52 bits per heavy atom. The Hall–Kier alpha value is -1.60. The number of aromatic nitrogens is 1. The maximum absolute atomic E-state index is 12.3. The molecule has 1 aliphatic rings. The number of nitrogens with one attached hydrogen (secondary N) is 1. The van der Waals surface area contributed by atoms with E-state index in [1.54, 1.807) is 6.08 Å². The average Bonchev–Trinajstić information content (AvgIpc) is 2.96. The molecule has 1 saturated heterocycles. The molecule has 0 unspecified atom stereocenters. The van der Waals surface area contributed by atoms with E-state index in [0.717, 1.165) is 23.5 Å². The van der Waals surface area contributed by atoms with E-state index >= 15 is 0 Å². The molecule has 7 heteroatoms. The van der Waals surface area contributed by atoms with Crippen LogP contribution in [0.25, 0.3) is 6.08 Å². The number of thiocarbonyl (C=S) groups is 1. The summed E-state index contributed by atoms with van der Waals surface area (Å²) in [4.78, 5) is 24.5. The van der Waals surface area contributed by atoms with Crippen LogP contribution in [0, 0.1) is 0 Å². The van der Waals surface area contributed by atoms with Gasteiger partial charge in [-0.1, -0.05) is 25.1 Å². The number of aryl methyl sites for hydroxylation is 1. The van der Waals surface area contributed by atoms with Gasteiger partial charge in [0.1, 0.15) is 0 Å². The lowest BCUT2D eigenvalue weighted by Gasteiger charge is -2.15. The molecule has 0 saturated carbocycles. The molecule has 2 amide bonds. The van der Waals surface area contributed by atoms with E-state index in [4.69, 9.17) is 12.2 Å². The van der Waals surface area contributed by atoms with Crippen molar-refractivity contribution in [3.05, 3.63) is 28.9 Å². The largest absolute Gasteiger partial charge is 0.351 e. The molecule has 0 radical (unpaired) electrons. The summed E-state index contributed by atoms with van der Waals surface area (Å²) in [5.74, 6) is -0.468. The van der Waals surface area contributed by atoms with Gasteiger partial charge in [-0.3, -0.25) is 15.0 Å². The van der Waals surface area contributed by atoms with Crippen molar-refractivity contribution in [1.29, 1.82) is 0 Å². The van der Waals surface area contributed by atoms with Crippen LogP contribution in [-0.4, -0.2) is 25.7 Å². The summed E-state index contributed by atoms with van der Waals surface area (Å²) in [5.41, 5.74) is 3.48. The fourth-order valence-corrected chi connectivity index (χ4v) is 3.00. The van der Waals surface area contributed by atoms with Crippen molar-refractivity contribution >= 4 is 46.2 Å². The van der Waals surface area contributed by atoms with Crippen molar-refractivity contribution in [3.8, 4) is 0 Å². The minimum absolute atomic E-state index is 0.187. The van der Waals surface area contributed by atoms with Crippen LogP contribution in [-0.2, 0) is 16.6 Å². The van der Waals surface area contributed by atoms with E-state index < -0.39 is 0 Å². The van der Waals surface area contributed by atoms with Gasteiger partial charge in [0, 0.05) is 25.4 Å². The molecule has 0 aromatic carbocycles. The molecule has 1 aromatic rings. The van der Waals surface area contributed by atoms with Crippen molar-refractivity contribution in [2.24, 2.45) is 7.05 Å². The SMILES string of the molecule is CCCCC(=O)NN1C(=O)/C(=C/c2cccn2C)SC1=S. The zero-order valence-corrected chi connectivity index (χ0v) is 13.6. The van der Waals surface area contributed by atoms with Crippen LogP contribution in [0.5, 0.6) is 0 Å². The van der Waals surface area contributed by atoms with Crippen molar-refractivity contribution in [1.82, 2.24) is 15.0 Å². The second-order valence-corrected chi connectivity index (χ2v) is 6.38. The molecular weight excluding hydrogens is 306 g/mol. The normalized spacial score (nSPS) is 16.9. The van der Waals surface area contributed by atoms with E-state index in [9.17, 15) is 9.59 Å². The van der Waals surface area contributed by atoms with Gasteiger partial charge >= 0.3 is 0 Å². The first-order chi connectivity index (χ1) is 10.0. The summed E-state index contributed by atoms with van der Waals surface area (Å²) >= 11 is 6.36. The Balaban J connectivity index is 2.08. The summed E-state index contributed by atoms with van der Waals surface area (Å²) in [6.07, 6.45) is 5.79. The fraction of sp³-hybridized carbons (Fsp3) is 0.357. The van der Waals surface area contributed by atoms with Gasteiger partial charge in [0.15, 0.2) is 4.32 Å². The molecule has 21 heavy (non-hydrogen) atoms. The first-order valence-corrected chi connectivity index (χ1v) is 7.94. The predicted octanol–water partition coefficient (Wildman–Crippen LogP) is 2.45. The Morgan fingerprint density at radius 2 is 2.29 bits per heavy atom. The smallest absolute Gasteiger partial charge is 0.285 e. The quantitative estimate of drug-likeness (QED) is 0.668. The first kappa shape index (κ1) is 15.8. The average molecular weight is 323 g/mol. The highest BCUT2D eigenvalue weighted by Crippen LogP contribution is 2.31. The molecule has 2 rings (SSSR count). The molecule has 0 aliphatic carbocycles. The molecule has 1 N–H and O–H groups in total. The minimum Gasteiger partial charge on any atom is -0.351 e. The molecule has 0 spiro atoms. The van der Waals surface area contributed by atoms with Gasteiger partial charge in [-0.2, -0.15) is 5.01 Å². The van der Waals surface area contributed by atoms with Gasteiger partial charge in [0.05, 0.1) is 4.91 Å². The maximum atomic E-state index is 12.3. The van der Waals surface area contributed by atoms with E-state index in [1.165, 1.54) is 11.8 Å². The number of amides is 2. The lowest BCUT2D eigenvalue weighted by atomic mass is 10.2. The third-order valence-corrected chi connectivity index (χ3v) is 4.35. The predicted molar refractivity (Wildman–Crippen MR) is 88.1 cm³/mol. The second kappa shape index (κ2) is 6.91. The summed E-state index contributed by atoms with van der Waals surface area (Å²) in [5, 5.41) is 1.16. The van der Waals surface area contributed by atoms with Crippen molar-refractivity contribution < 1.29 is 9.59 Å². The highest BCUT2D eigenvalue weighted by molar-refractivity contribution is 8.26. The zero-order chi connectivity index (χ0) is 15.4. The lowest BCUT2D eigenvalue weighted by molar-refractivity contribution is -0.133. The van der Waals surface area contributed by atoms with Gasteiger partial charge in [-0.15, -0.1) is 0 Å². The summed E-state index contributed by atoms with van der Waals surface area (Å²) in [6, 6.07) is 3.81. The Kier molecular flexibility index (Phi) is 5.19. The first-order valence-electron chi connectivity index (χ1n) is 6.71. The van der Waals surface area contributed by atoms with Crippen molar-refractivity contribution in [2.75, 3.05) is 0 Å². The molecule has 0 bridgehead atoms. The van der Waals surface area contributed by atoms with E-state index in [1.807, 2.05) is 36.9 Å². The fourth-order valence-electron chi connectivity index (χ4n) is 1.84. The number of carbonyl (C=O) groups excluding carboxylic acids is 2. The molecule has 5 nitrogen and oxygen atoms in total.